The molecule has 0 spiro atoms. The average Bonchev–Trinajstić information content (AvgIpc) is 1.75. The lowest BCUT2D eigenvalue weighted by atomic mass is 9.85. The highest BCUT2D eigenvalue weighted by atomic mass is 32.2. The molecule has 9 rings (SSSR count). The third kappa shape index (κ3) is 17.4. The number of sulfonamides is 1. The number of pyridine rings is 2. The van der Waals surface area contributed by atoms with E-state index in [0.29, 0.717) is 53.9 Å². The van der Waals surface area contributed by atoms with Gasteiger partial charge in [-0.3, -0.25) is 28.3 Å². The smallest absolute Gasteiger partial charge is 0.266 e. The van der Waals surface area contributed by atoms with Crippen LogP contribution in [0.4, 0.5) is 14.5 Å². The zero-order valence-electron chi connectivity index (χ0n) is 50.5. The first kappa shape index (κ1) is 66.7. The number of benzene rings is 3. The molecule has 0 bridgehead atoms. The fraction of sp³-hybridized carbons (Fsp3) is 0.371. The standard InChI is InChI=1S/C62H69F2N11O14S2/c1-38-54(90-37-69-38)40-12-10-39(11-13-40)31-67-57(79)49-30-44(76)35-75(49)61(80)55(62(2,3)4)70-53(77)36-88-27-26-87-25-24-86-23-22-85-21-20-84-19-18-65-56(78)45-8-6-7-9-46(45)58-71-72-60(89-58)50-33-66-52-17-14-41(34-74(50)52)42-28-48(59(83-5)68-32-42)73-91(81,82)51-16-15-43(63)29-47(51)64/h6-17,28-29,32-34,37,44,49,55,73,76H,18-27,30-31,35-36H2,1-5H3,(H,65,78)(H,67,79)(H,70,77)/t44-,49+,55+/m0/s1. The van der Waals surface area contributed by atoms with Gasteiger partial charge in [-0.15, -0.1) is 21.5 Å². The quantitative estimate of drug-likeness (QED) is 0.0300. The minimum Gasteiger partial charge on any atom is -0.480 e. The van der Waals surface area contributed by atoms with Gasteiger partial charge in [0.25, 0.3) is 21.8 Å². The Morgan fingerprint density at radius 1 is 0.791 bits per heavy atom. The highest BCUT2D eigenvalue weighted by molar-refractivity contribution is 7.92. The Kier molecular flexibility index (Phi) is 22.7. The molecule has 0 radical (unpaired) electrons. The van der Waals surface area contributed by atoms with E-state index in [2.05, 4.69) is 45.8 Å². The van der Waals surface area contributed by atoms with Crippen molar-refractivity contribution in [3.05, 3.63) is 137 Å². The van der Waals surface area contributed by atoms with Gasteiger partial charge in [0, 0.05) is 55.6 Å². The lowest BCUT2D eigenvalue weighted by Gasteiger charge is -2.35. The molecule has 1 aliphatic heterocycles. The van der Waals surface area contributed by atoms with Crippen LogP contribution in [0.2, 0.25) is 0 Å². The molecule has 6 heterocycles. The van der Waals surface area contributed by atoms with Gasteiger partial charge in [-0.25, -0.2) is 32.2 Å². The number of rotatable bonds is 31. The normalized spacial score (nSPS) is 14.6. The van der Waals surface area contributed by atoms with Gasteiger partial charge in [-0.05, 0) is 65.9 Å². The molecule has 5 aromatic heterocycles. The summed E-state index contributed by atoms with van der Waals surface area (Å²) >= 11 is 1.56. The number of methoxy groups -OCH3 is 1. The predicted octanol–water partition coefficient (Wildman–Crippen LogP) is 6.25. The number of hydrogen-bond acceptors (Lipinski definition) is 20. The van der Waals surface area contributed by atoms with Crippen molar-refractivity contribution < 1.29 is 74.3 Å². The molecule has 4 amide bonds. The first-order valence-electron chi connectivity index (χ1n) is 28.9. The van der Waals surface area contributed by atoms with Crippen molar-refractivity contribution in [1.29, 1.82) is 0 Å². The number of anilines is 1. The number of aliphatic hydroxyl groups excluding tert-OH is 1. The van der Waals surface area contributed by atoms with Crippen LogP contribution in [0.3, 0.4) is 0 Å². The van der Waals surface area contributed by atoms with Crippen molar-refractivity contribution in [3.63, 3.8) is 0 Å². The maximum absolute atomic E-state index is 14.5. The molecule has 0 saturated carbocycles. The van der Waals surface area contributed by atoms with Crippen molar-refractivity contribution in [2.75, 3.05) is 91.0 Å². The second kappa shape index (κ2) is 30.9. The van der Waals surface area contributed by atoms with Crippen LogP contribution >= 0.6 is 11.3 Å². The van der Waals surface area contributed by atoms with Crippen molar-refractivity contribution in [1.82, 2.24) is 50.4 Å². The maximum atomic E-state index is 14.5. The van der Waals surface area contributed by atoms with Crippen LogP contribution in [-0.2, 0) is 54.6 Å². The van der Waals surface area contributed by atoms with Gasteiger partial charge in [0.05, 0.1) is 106 Å². The summed E-state index contributed by atoms with van der Waals surface area (Å²) in [7, 11) is -3.25. The summed E-state index contributed by atoms with van der Waals surface area (Å²) in [6, 6.07) is 19.6. The van der Waals surface area contributed by atoms with Crippen LogP contribution in [0.15, 0.2) is 118 Å². The number of halogens is 2. The molecule has 91 heavy (non-hydrogen) atoms. The molecule has 25 nitrogen and oxygen atoms in total. The van der Waals surface area contributed by atoms with E-state index in [4.69, 9.17) is 32.8 Å². The third-order valence-electron chi connectivity index (χ3n) is 14.3. The first-order chi connectivity index (χ1) is 43.8. The molecule has 1 saturated heterocycles. The van der Waals surface area contributed by atoms with Crippen LogP contribution in [0.1, 0.15) is 48.8 Å². The van der Waals surface area contributed by atoms with Crippen LogP contribution in [-0.4, -0.2) is 176 Å². The second-order valence-electron chi connectivity index (χ2n) is 21.9. The maximum Gasteiger partial charge on any atom is 0.266 e. The molecule has 3 aromatic carbocycles. The molecule has 5 N–H and O–H groups in total. The first-order valence-corrected chi connectivity index (χ1v) is 31.3. The second-order valence-corrected chi connectivity index (χ2v) is 24.4. The molecular formula is C62H69F2N11O14S2. The molecule has 482 valence electrons. The zero-order valence-corrected chi connectivity index (χ0v) is 52.1. The Labute approximate surface area is 526 Å². The topological polar surface area (TPSA) is 311 Å². The van der Waals surface area contributed by atoms with Gasteiger partial charge in [-0.2, -0.15) is 0 Å². The summed E-state index contributed by atoms with van der Waals surface area (Å²) in [6.45, 7) is 9.67. The van der Waals surface area contributed by atoms with Gasteiger partial charge in [0.15, 0.2) is 0 Å². The van der Waals surface area contributed by atoms with E-state index in [0.717, 1.165) is 33.8 Å². The average molecular weight is 1290 g/mol. The highest BCUT2D eigenvalue weighted by Crippen LogP contribution is 2.34. The number of nitrogens with one attached hydrogen (secondary N) is 4. The van der Waals surface area contributed by atoms with E-state index in [-0.39, 0.29) is 101 Å². The van der Waals surface area contributed by atoms with E-state index in [1.54, 1.807) is 63.8 Å². The molecule has 1 fully saturated rings. The third-order valence-corrected chi connectivity index (χ3v) is 16.7. The van der Waals surface area contributed by atoms with E-state index in [1.807, 2.05) is 52.0 Å². The molecule has 1 aliphatic rings. The Bertz CT molecular complexity index is 3940. The number of fused-ring (bicyclic) bond motifs is 1. The lowest BCUT2D eigenvalue weighted by Crippen LogP contribution is -2.58. The number of amides is 4. The minimum absolute atomic E-state index is 0.0438. The van der Waals surface area contributed by atoms with E-state index in [9.17, 15) is 41.5 Å². The summed E-state index contributed by atoms with van der Waals surface area (Å²) in [6.07, 6.45) is 3.84. The summed E-state index contributed by atoms with van der Waals surface area (Å²) in [5.41, 5.74) is 6.34. The van der Waals surface area contributed by atoms with Gasteiger partial charge in [0.1, 0.15) is 52.2 Å². The molecule has 29 heteroatoms. The fourth-order valence-corrected chi connectivity index (χ4v) is 11.6. The van der Waals surface area contributed by atoms with Gasteiger partial charge >= 0.3 is 0 Å². The van der Waals surface area contributed by atoms with Crippen molar-refractivity contribution in [2.45, 2.75) is 63.7 Å². The highest BCUT2D eigenvalue weighted by Gasteiger charge is 2.44. The number of β-amino-alcohol motifs (C(OH)–C–C–N with tert-alkyl or cyclic N) is 1. The largest absolute Gasteiger partial charge is 0.480 e. The van der Waals surface area contributed by atoms with Crippen LogP contribution in [0, 0.1) is 24.0 Å². The number of thiazole rings is 1. The molecular weight excluding hydrogens is 1220 g/mol. The van der Waals surface area contributed by atoms with Gasteiger partial charge < -0.3 is 58.8 Å². The number of hydrogen-bond donors (Lipinski definition) is 5. The zero-order chi connectivity index (χ0) is 64.7. The number of aromatic nitrogens is 6. The van der Waals surface area contributed by atoms with E-state index in [1.165, 1.54) is 30.5 Å². The van der Waals surface area contributed by atoms with Crippen LogP contribution in [0.5, 0.6) is 5.88 Å². The van der Waals surface area contributed by atoms with E-state index >= 15 is 0 Å². The van der Waals surface area contributed by atoms with E-state index < -0.39 is 73.8 Å². The van der Waals surface area contributed by atoms with Crippen molar-refractivity contribution in [3.8, 4) is 50.5 Å². The molecule has 3 atom stereocenters. The van der Waals surface area contributed by atoms with Crippen LogP contribution in [0.25, 0.3) is 50.3 Å². The Morgan fingerprint density at radius 3 is 2.15 bits per heavy atom. The molecule has 0 aliphatic carbocycles. The number of carbonyl (C=O) groups is 4. The predicted molar refractivity (Wildman–Crippen MR) is 329 cm³/mol. The van der Waals surface area contributed by atoms with Crippen molar-refractivity contribution in [2.24, 2.45) is 5.41 Å². The number of imidazole rings is 1. The summed E-state index contributed by atoms with van der Waals surface area (Å²) in [4.78, 5) is 68.5. The number of ether oxygens (including phenoxy) is 6. The Balaban J connectivity index is 0.629. The Morgan fingerprint density at radius 2 is 1.47 bits per heavy atom. The summed E-state index contributed by atoms with van der Waals surface area (Å²) < 4.78 is 97.6. The number of aryl methyl sites for hydroxylation is 1. The lowest BCUT2D eigenvalue weighted by molar-refractivity contribution is -0.144. The summed E-state index contributed by atoms with van der Waals surface area (Å²) in [5.74, 6) is -3.96. The van der Waals surface area contributed by atoms with Crippen molar-refractivity contribution >= 4 is 56.3 Å². The number of carbonyl (C=O) groups excluding carboxylic acids is 4. The SMILES string of the molecule is COc1ncc(-c2ccc3ncc(-c4nnc(-c5ccccc5C(=O)NCCOCCOCCOCCOCCOCC(=O)N[C@H](C(=O)N5C[C@@H](O)C[C@@H]5C(=O)NCc5ccc(-c6scnc6C)cc5)C(C)(C)C)o4)n3c2)cc1NS(=O)(=O)c1ccc(F)cc1F. The van der Waals surface area contributed by atoms with Gasteiger partial charge in [-0.1, -0.05) is 57.2 Å². The summed E-state index contributed by atoms with van der Waals surface area (Å²) in [5, 5.41) is 27.6. The fourth-order valence-electron chi connectivity index (χ4n) is 9.71. The molecule has 0 unspecified atom stereocenters. The van der Waals surface area contributed by atoms with Gasteiger partial charge in [0.2, 0.25) is 29.5 Å². The Hall–Kier alpha value is -8.68. The van der Waals surface area contributed by atoms with Crippen LogP contribution < -0.4 is 25.4 Å². The minimum atomic E-state index is -4.53. The number of aliphatic hydroxyl groups is 1. The number of likely N-dealkylation sites (tertiary alicyclic amines) is 1. The molecule has 8 aromatic rings. The monoisotopic (exact) mass is 1290 g/mol. The number of nitrogens with zero attached hydrogens (tertiary/aromatic N) is 7.